The third-order valence-corrected chi connectivity index (χ3v) is 6.65. The van der Waals surface area contributed by atoms with Crippen molar-refractivity contribution in [1.82, 2.24) is 5.32 Å². The van der Waals surface area contributed by atoms with Crippen molar-refractivity contribution in [2.24, 2.45) is 46.1 Å². The summed E-state index contributed by atoms with van der Waals surface area (Å²) >= 11 is 0. The van der Waals surface area contributed by atoms with Crippen molar-refractivity contribution in [2.45, 2.75) is 51.4 Å². The Bertz CT molecular complexity index is 1040. The summed E-state index contributed by atoms with van der Waals surface area (Å²) in [4.78, 5) is 0. The van der Waals surface area contributed by atoms with Crippen LogP contribution in [-0.2, 0) is 5.54 Å². The molecule has 0 aliphatic rings. The number of ether oxygens (including phenoxy) is 1. The maximum atomic E-state index is 6.86. The van der Waals surface area contributed by atoms with Crippen LogP contribution >= 0.6 is 0 Å². The Balaban J connectivity index is 0.000000694. The zero-order valence-electron chi connectivity index (χ0n) is 26.6. The first-order valence-electron chi connectivity index (χ1n) is 14.5. The van der Waals surface area contributed by atoms with Gasteiger partial charge in [-0.05, 0) is 55.6 Å². The third-order valence-electron chi connectivity index (χ3n) is 6.65. The van der Waals surface area contributed by atoms with Gasteiger partial charge in [0.15, 0.2) is 0 Å². The van der Waals surface area contributed by atoms with Crippen LogP contribution in [0.1, 0.15) is 49.1 Å². The Morgan fingerprint density at radius 1 is 0.738 bits per heavy atom. The van der Waals surface area contributed by atoms with Crippen LogP contribution in [0.3, 0.4) is 0 Å². The Kier molecular flexibility index (Phi) is 20.3. The van der Waals surface area contributed by atoms with Gasteiger partial charge in [0.1, 0.15) is 5.75 Å². The van der Waals surface area contributed by atoms with Gasteiger partial charge in [-0.2, -0.15) is 0 Å². The summed E-state index contributed by atoms with van der Waals surface area (Å²) in [5.74, 6) is 1.07. The molecule has 0 aliphatic carbocycles. The Morgan fingerprint density at radius 3 is 1.55 bits per heavy atom. The SMILES string of the molecule is CNCCN.COc1ccc(C(N)(c2ccc(C)cc2)[C@H](N)C(C)C)cc1.C[C@@H](N)[C@H](N)c1ccccc1.NCCN. The van der Waals surface area contributed by atoms with Crippen molar-refractivity contribution >= 4 is 0 Å². The van der Waals surface area contributed by atoms with Crippen molar-refractivity contribution in [3.8, 4) is 5.75 Å². The second-order valence-corrected chi connectivity index (χ2v) is 10.5. The molecule has 4 atom stereocenters. The first kappa shape index (κ1) is 39.1. The standard InChI is InChI=1S/C19H26N2O.C9H14N2.C3H10N2.C2H8N2/c1-13(2)18(20)19(21,15-7-5-14(3)6-8-15)16-9-11-17(22-4)12-10-16;1-7(10)9(11)8-5-3-2-4-6-8;1-5-3-2-4;3-1-2-4/h5-13,18H,20-21H2,1-4H3;2-7,9H,10-11H2,1H3;5H,2-4H2,1H3;1-4H2/t18-,19?;7-,9+;;/m11../s1. The van der Waals surface area contributed by atoms with Crippen LogP contribution in [0.25, 0.3) is 0 Å². The summed E-state index contributed by atoms with van der Waals surface area (Å²) < 4.78 is 5.24. The minimum atomic E-state index is -0.728. The molecule has 3 rings (SSSR count). The maximum Gasteiger partial charge on any atom is 0.118 e. The fourth-order valence-corrected chi connectivity index (χ4v) is 3.90. The van der Waals surface area contributed by atoms with E-state index in [1.54, 1.807) is 7.11 Å². The lowest BCUT2D eigenvalue weighted by molar-refractivity contribution is 0.337. The van der Waals surface area contributed by atoms with Gasteiger partial charge in [-0.15, -0.1) is 0 Å². The van der Waals surface area contributed by atoms with E-state index in [2.05, 4.69) is 50.4 Å². The van der Waals surface area contributed by atoms with Gasteiger partial charge in [0.25, 0.3) is 0 Å². The fourth-order valence-electron chi connectivity index (χ4n) is 3.90. The fraction of sp³-hybridized carbons (Fsp3) is 0.455. The van der Waals surface area contributed by atoms with Crippen LogP contribution in [0.2, 0.25) is 0 Å². The molecule has 0 saturated heterocycles. The first-order valence-corrected chi connectivity index (χ1v) is 14.5. The second kappa shape index (κ2) is 21.8. The number of rotatable bonds is 10. The van der Waals surface area contributed by atoms with Gasteiger partial charge in [0.2, 0.25) is 0 Å². The quantitative estimate of drug-likeness (QED) is 0.176. The number of methoxy groups -OCH3 is 1. The average molecular weight is 583 g/mol. The van der Waals surface area contributed by atoms with E-state index in [-0.39, 0.29) is 24.0 Å². The van der Waals surface area contributed by atoms with Crippen LogP contribution in [0, 0.1) is 12.8 Å². The second-order valence-electron chi connectivity index (χ2n) is 10.5. The summed E-state index contributed by atoms with van der Waals surface area (Å²) in [6, 6.07) is 25.8. The molecule has 0 fully saturated rings. The zero-order valence-corrected chi connectivity index (χ0v) is 26.6. The molecule has 3 aromatic carbocycles. The molecule has 0 aliphatic heterocycles. The minimum Gasteiger partial charge on any atom is -0.497 e. The lowest BCUT2D eigenvalue weighted by atomic mass is 9.74. The molecule has 0 aromatic heterocycles. The molecule has 1 unspecified atom stereocenters. The molecular formula is C33H58N8O. The van der Waals surface area contributed by atoms with Gasteiger partial charge >= 0.3 is 0 Å². The van der Waals surface area contributed by atoms with Crippen LogP contribution in [0.4, 0.5) is 0 Å². The molecule has 3 aromatic rings. The molecule has 42 heavy (non-hydrogen) atoms. The van der Waals surface area contributed by atoms with Crippen LogP contribution in [-0.4, -0.2) is 52.4 Å². The topological polar surface area (TPSA) is 203 Å². The zero-order chi connectivity index (χ0) is 32.1. The summed E-state index contributed by atoms with van der Waals surface area (Å²) in [5.41, 5.74) is 43.3. The summed E-state index contributed by atoms with van der Waals surface area (Å²) in [7, 11) is 3.54. The van der Waals surface area contributed by atoms with E-state index in [4.69, 9.17) is 44.9 Å². The van der Waals surface area contributed by atoms with E-state index < -0.39 is 5.54 Å². The molecule has 236 valence electrons. The molecule has 0 radical (unpaired) electrons. The molecule has 9 heteroatoms. The van der Waals surface area contributed by atoms with E-state index in [1.807, 2.05) is 68.6 Å². The maximum absolute atomic E-state index is 6.86. The number of hydrogen-bond donors (Lipinski definition) is 8. The van der Waals surface area contributed by atoms with Gasteiger partial charge in [0, 0.05) is 44.3 Å². The molecule has 0 saturated carbocycles. The van der Waals surface area contributed by atoms with Crippen molar-refractivity contribution in [1.29, 1.82) is 0 Å². The van der Waals surface area contributed by atoms with E-state index in [0.29, 0.717) is 13.1 Å². The van der Waals surface area contributed by atoms with Crippen LogP contribution in [0.15, 0.2) is 78.9 Å². The largest absolute Gasteiger partial charge is 0.497 e. The minimum absolute atomic E-state index is 0.0115. The molecule has 9 nitrogen and oxygen atoms in total. The van der Waals surface area contributed by atoms with Gasteiger partial charge in [-0.25, -0.2) is 0 Å². The molecule has 0 amide bonds. The third kappa shape index (κ3) is 13.4. The number of aryl methyl sites for hydroxylation is 1. The molecule has 0 bridgehead atoms. The summed E-state index contributed by atoms with van der Waals surface area (Å²) in [6.45, 7) is 11.0. The number of nitrogens with one attached hydrogen (secondary N) is 1. The molecular weight excluding hydrogens is 524 g/mol. The van der Waals surface area contributed by atoms with Crippen molar-refractivity contribution < 1.29 is 4.74 Å². The van der Waals surface area contributed by atoms with Gasteiger partial charge in [0.05, 0.1) is 12.6 Å². The summed E-state index contributed by atoms with van der Waals surface area (Å²) in [5, 5.41) is 2.89. The highest BCUT2D eigenvalue weighted by Gasteiger charge is 2.38. The highest BCUT2D eigenvalue weighted by molar-refractivity contribution is 5.43. The van der Waals surface area contributed by atoms with Crippen molar-refractivity contribution in [3.05, 3.63) is 101 Å². The number of likely N-dealkylation sites (N-methyl/N-ethyl adjacent to an activating group) is 1. The van der Waals surface area contributed by atoms with Gasteiger partial charge in [-0.1, -0.05) is 86.1 Å². The lowest BCUT2D eigenvalue weighted by Crippen LogP contribution is -2.55. The Hall–Kier alpha value is -2.86. The van der Waals surface area contributed by atoms with Crippen LogP contribution in [0.5, 0.6) is 5.75 Å². The predicted octanol–water partition coefficient (Wildman–Crippen LogP) is 2.29. The Labute approximate surface area is 254 Å². The molecule has 0 heterocycles. The number of benzene rings is 3. The Morgan fingerprint density at radius 2 is 1.21 bits per heavy atom. The monoisotopic (exact) mass is 582 g/mol. The van der Waals surface area contributed by atoms with Crippen LogP contribution < -0.4 is 50.2 Å². The van der Waals surface area contributed by atoms with E-state index in [1.165, 1.54) is 5.56 Å². The highest BCUT2D eigenvalue weighted by Crippen LogP contribution is 2.33. The van der Waals surface area contributed by atoms with E-state index >= 15 is 0 Å². The van der Waals surface area contributed by atoms with E-state index in [0.717, 1.165) is 35.5 Å². The van der Waals surface area contributed by atoms with Gasteiger partial charge < -0.3 is 50.2 Å². The van der Waals surface area contributed by atoms with Crippen molar-refractivity contribution in [3.63, 3.8) is 0 Å². The smallest absolute Gasteiger partial charge is 0.118 e. The normalized spacial score (nSPS) is 14.0. The number of hydrogen-bond acceptors (Lipinski definition) is 9. The van der Waals surface area contributed by atoms with Gasteiger partial charge in [-0.3, -0.25) is 0 Å². The lowest BCUT2D eigenvalue weighted by Gasteiger charge is -2.39. The molecule has 0 spiro atoms. The predicted molar refractivity (Wildman–Crippen MR) is 180 cm³/mol. The van der Waals surface area contributed by atoms with Crippen molar-refractivity contribution in [2.75, 3.05) is 40.3 Å². The average Bonchev–Trinajstić information content (AvgIpc) is 3.01. The summed E-state index contributed by atoms with van der Waals surface area (Å²) in [6.07, 6.45) is 0. The number of nitrogens with two attached hydrogens (primary N) is 7. The molecule has 15 N–H and O–H groups in total. The van der Waals surface area contributed by atoms with E-state index in [9.17, 15) is 0 Å². The highest BCUT2D eigenvalue weighted by atomic mass is 16.5. The first-order chi connectivity index (χ1) is 19.9.